The molecule has 0 bridgehead atoms. The number of benzene rings is 1. The van der Waals surface area contributed by atoms with Crippen LogP contribution < -0.4 is 0 Å². The summed E-state index contributed by atoms with van der Waals surface area (Å²) in [5.74, 6) is -0.412. The highest BCUT2D eigenvalue weighted by molar-refractivity contribution is 6.35. The van der Waals surface area contributed by atoms with Gasteiger partial charge in [0.1, 0.15) is 0 Å². The van der Waals surface area contributed by atoms with Crippen LogP contribution in [0, 0.1) is 5.92 Å². The second-order valence-electron chi connectivity index (χ2n) is 8.61. The predicted molar refractivity (Wildman–Crippen MR) is 117 cm³/mol. The fourth-order valence-corrected chi connectivity index (χ4v) is 4.62. The van der Waals surface area contributed by atoms with Gasteiger partial charge in [0, 0.05) is 59.9 Å². The van der Waals surface area contributed by atoms with Crippen molar-refractivity contribution in [3.8, 4) is 0 Å². The van der Waals surface area contributed by atoms with Crippen molar-refractivity contribution in [3.63, 3.8) is 0 Å². The lowest BCUT2D eigenvalue weighted by molar-refractivity contribution is -0.141. The lowest BCUT2D eigenvalue weighted by Gasteiger charge is -2.36. The summed E-state index contributed by atoms with van der Waals surface area (Å²) < 4.78 is 40.8. The number of aromatic nitrogens is 2. The van der Waals surface area contributed by atoms with Gasteiger partial charge in [-0.05, 0) is 31.0 Å². The number of hydrogen-bond donors (Lipinski definition) is 0. The molecule has 1 amide bonds. The summed E-state index contributed by atoms with van der Waals surface area (Å²) >= 11 is 12.5. The largest absolute Gasteiger partial charge is 0.435 e. The number of carbonyl (C=O) groups is 1. The fourth-order valence-electron chi connectivity index (χ4n) is 4.11. The van der Waals surface area contributed by atoms with Crippen molar-refractivity contribution in [3.05, 3.63) is 51.3 Å². The Morgan fingerprint density at radius 3 is 2.34 bits per heavy atom. The van der Waals surface area contributed by atoms with Gasteiger partial charge in [-0.25, -0.2) is 0 Å². The second-order valence-corrected chi connectivity index (χ2v) is 9.43. The van der Waals surface area contributed by atoms with Gasteiger partial charge in [0.25, 0.3) is 0 Å². The highest BCUT2D eigenvalue weighted by Gasteiger charge is 2.38. The first-order valence-electron chi connectivity index (χ1n) is 10.7. The molecule has 0 N–H and O–H groups in total. The third-order valence-electron chi connectivity index (χ3n) is 6.09. The molecule has 1 saturated carbocycles. The number of amides is 1. The van der Waals surface area contributed by atoms with Gasteiger partial charge in [-0.2, -0.15) is 18.3 Å². The molecule has 2 fully saturated rings. The van der Waals surface area contributed by atoms with E-state index in [-0.39, 0.29) is 18.4 Å². The van der Waals surface area contributed by atoms with E-state index in [1.807, 2.05) is 0 Å². The molecule has 10 heteroatoms. The van der Waals surface area contributed by atoms with E-state index in [0.717, 1.165) is 24.5 Å². The van der Waals surface area contributed by atoms with Crippen LogP contribution in [0.4, 0.5) is 13.2 Å². The average molecular weight is 489 g/mol. The van der Waals surface area contributed by atoms with E-state index in [0.29, 0.717) is 48.5 Å². The molecule has 32 heavy (non-hydrogen) atoms. The Bertz CT molecular complexity index is 962. The molecule has 1 aromatic heterocycles. The molecule has 0 spiro atoms. The summed E-state index contributed by atoms with van der Waals surface area (Å²) in [7, 11) is 0. The van der Waals surface area contributed by atoms with Crippen LogP contribution in [0.5, 0.6) is 0 Å². The minimum absolute atomic E-state index is 0.0637. The minimum Gasteiger partial charge on any atom is -0.340 e. The second kappa shape index (κ2) is 9.23. The number of alkyl halides is 3. The van der Waals surface area contributed by atoms with Crippen molar-refractivity contribution in [2.24, 2.45) is 5.92 Å². The number of carbonyl (C=O) groups excluding carboxylic acids is 1. The summed E-state index contributed by atoms with van der Waals surface area (Å²) in [5.41, 5.74) is 0.569. The average Bonchev–Trinajstić information content (AvgIpc) is 3.49. The lowest BCUT2D eigenvalue weighted by Crippen LogP contribution is -2.50. The maximum absolute atomic E-state index is 13.1. The van der Waals surface area contributed by atoms with Gasteiger partial charge in [-0.15, -0.1) is 0 Å². The Balaban J connectivity index is 1.35. The monoisotopic (exact) mass is 488 g/mol. The number of piperazine rings is 1. The van der Waals surface area contributed by atoms with Crippen LogP contribution in [0.15, 0.2) is 24.3 Å². The van der Waals surface area contributed by atoms with E-state index in [1.165, 1.54) is 4.68 Å². The van der Waals surface area contributed by atoms with Crippen molar-refractivity contribution in [1.29, 1.82) is 0 Å². The molecule has 1 aromatic carbocycles. The Hall–Kier alpha value is -1.77. The molecular weight excluding hydrogens is 464 g/mol. The molecule has 2 heterocycles. The summed E-state index contributed by atoms with van der Waals surface area (Å²) in [5, 5.41) is 5.01. The fraction of sp³-hybridized carbons (Fsp3) is 0.545. The summed E-state index contributed by atoms with van der Waals surface area (Å²) in [6.45, 7) is 4.95. The van der Waals surface area contributed by atoms with Gasteiger partial charge in [-0.3, -0.25) is 14.4 Å². The topological polar surface area (TPSA) is 41.4 Å². The Kier molecular flexibility index (Phi) is 6.75. The molecule has 1 atom stereocenters. The van der Waals surface area contributed by atoms with E-state index >= 15 is 0 Å². The highest BCUT2D eigenvalue weighted by atomic mass is 35.5. The number of halogens is 5. The zero-order valence-electron chi connectivity index (χ0n) is 17.7. The maximum atomic E-state index is 13.1. The molecule has 1 aliphatic heterocycles. The molecular formula is C22H25Cl2F3N4O. The Morgan fingerprint density at radius 2 is 1.78 bits per heavy atom. The van der Waals surface area contributed by atoms with Gasteiger partial charge in [0.05, 0.1) is 12.5 Å². The van der Waals surface area contributed by atoms with E-state index in [1.54, 1.807) is 30.0 Å². The van der Waals surface area contributed by atoms with Gasteiger partial charge in [-0.1, -0.05) is 36.2 Å². The van der Waals surface area contributed by atoms with E-state index in [4.69, 9.17) is 23.2 Å². The van der Waals surface area contributed by atoms with Crippen LogP contribution in [-0.2, 0) is 24.1 Å². The number of rotatable bonds is 6. The smallest absolute Gasteiger partial charge is 0.340 e. The standard InChI is InChI=1S/C22H25Cl2F3N4O/c1-14(12-31-19(15-5-6-15)11-20(28-31)22(25,26)27)21(32)30-9-7-29(8-10-30)13-16-17(23)3-2-4-18(16)24/h2-4,11,14-15H,5-10,12-13H2,1H3. The van der Waals surface area contributed by atoms with Crippen LogP contribution in [0.2, 0.25) is 10.0 Å². The molecule has 2 aliphatic rings. The van der Waals surface area contributed by atoms with Crippen LogP contribution in [0.3, 0.4) is 0 Å². The van der Waals surface area contributed by atoms with Crippen LogP contribution in [0.25, 0.3) is 0 Å². The Morgan fingerprint density at radius 1 is 1.16 bits per heavy atom. The molecule has 1 unspecified atom stereocenters. The molecule has 4 rings (SSSR count). The Labute approximate surface area is 195 Å². The lowest BCUT2D eigenvalue weighted by atomic mass is 10.1. The van der Waals surface area contributed by atoms with Gasteiger partial charge in [0.2, 0.25) is 5.91 Å². The third-order valence-corrected chi connectivity index (χ3v) is 6.80. The van der Waals surface area contributed by atoms with Gasteiger partial charge in [0.15, 0.2) is 5.69 Å². The van der Waals surface area contributed by atoms with Crippen LogP contribution >= 0.6 is 23.2 Å². The first kappa shape index (κ1) is 23.4. The summed E-state index contributed by atoms with van der Waals surface area (Å²) in [6, 6.07) is 6.55. The van der Waals surface area contributed by atoms with Crippen molar-refractivity contribution >= 4 is 29.1 Å². The third kappa shape index (κ3) is 5.24. The molecule has 1 saturated heterocycles. The summed E-state index contributed by atoms with van der Waals surface area (Å²) in [4.78, 5) is 16.9. The van der Waals surface area contributed by atoms with Gasteiger partial charge >= 0.3 is 6.18 Å². The van der Waals surface area contributed by atoms with E-state index in [9.17, 15) is 18.0 Å². The van der Waals surface area contributed by atoms with Crippen molar-refractivity contribution < 1.29 is 18.0 Å². The molecule has 5 nitrogen and oxygen atoms in total. The predicted octanol–water partition coefficient (Wildman–Crippen LogP) is 5.07. The quantitative estimate of drug-likeness (QED) is 0.570. The van der Waals surface area contributed by atoms with Crippen molar-refractivity contribution in [1.82, 2.24) is 19.6 Å². The van der Waals surface area contributed by atoms with Gasteiger partial charge < -0.3 is 4.90 Å². The minimum atomic E-state index is -4.48. The molecule has 1 aliphatic carbocycles. The SMILES string of the molecule is CC(Cn1nc(C(F)(F)F)cc1C1CC1)C(=O)N1CCN(Cc2c(Cl)cccc2Cl)CC1. The van der Waals surface area contributed by atoms with Crippen molar-refractivity contribution in [2.75, 3.05) is 26.2 Å². The molecule has 2 aromatic rings. The number of hydrogen-bond acceptors (Lipinski definition) is 3. The molecule has 174 valence electrons. The normalized spacial score (nSPS) is 18.8. The zero-order chi connectivity index (χ0) is 23.0. The van der Waals surface area contributed by atoms with Crippen molar-refractivity contribution in [2.45, 2.75) is 44.9 Å². The van der Waals surface area contributed by atoms with E-state index < -0.39 is 17.8 Å². The first-order valence-corrected chi connectivity index (χ1v) is 11.5. The van der Waals surface area contributed by atoms with Crippen LogP contribution in [-0.4, -0.2) is 51.7 Å². The van der Waals surface area contributed by atoms with Crippen LogP contribution in [0.1, 0.15) is 42.6 Å². The number of nitrogens with zero attached hydrogens (tertiary/aromatic N) is 4. The first-order chi connectivity index (χ1) is 15.1. The van der Waals surface area contributed by atoms with E-state index in [2.05, 4.69) is 10.00 Å². The maximum Gasteiger partial charge on any atom is 0.435 e. The molecule has 0 radical (unpaired) electrons. The highest BCUT2D eigenvalue weighted by Crippen LogP contribution is 2.42. The summed E-state index contributed by atoms with van der Waals surface area (Å²) in [6.07, 6.45) is -2.76. The zero-order valence-corrected chi connectivity index (χ0v) is 19.2.